The fraction of sp³-hybridized carbons (Fsp3) is 0.731. The van der Waals surface area contributed by atoms with Crippen LogP contribution in [0.5, 0.6) is 0 Å². The zero-order valence-corrected chi connectivity index (χ0v) is 41.2. The summed E-state index contributed by atoms with van der Waals surface area (Å²) in [4.78, 5) is 37.7. The summed E-state index contributed by atoms with van der Waals surface area (Å²) in [5.74, 6) is -0.870. The SMILES string of the molecule is CC/C=C\C/C=C\C/C=C\C/C=C\CCCCCCC(=O)OC(COC(=O)CCCCCCCCCCC/C=C\C/C=C\CCCCCCC)COP(=O)([O-])OCC[N+](C)(C)C. The molecular weight excluding hydrogens is 798 g/mol. The molecule has 0 rings (SSSR count). The van der Waals surface area contributed by atoms with Gasteiger partial charge in [0.1, 0.15) is 19.8 Å². The van der Waals surface area contributed by atoms with E-state index in [0.717, 1.165) is 89.9 Å². The number of hydrogen-bond acceptors (Lipinski definition) is 8. The lowest BCUT2D eigenvalue weighted by atomic mass is 10.1. The van der Waals surface area contributed by atoms with Crippen molar-refractivity contribution in [3.63, 3.8) is 0 Å². The second-order valence-electron chi connectivity index (χ2n) is 17.4. The van der Waals surface area contributed by atoms with Crippen LogP contribution in [0.3, 0.4) is 0 Å². The average molecular weight is 890 g/mol. The zero-order chi connectivity index (χ0) is 45.7. The number of carbonyl (C=O) groups excluding carboxylic acids is 2. The van der Waals surface area contributed by atoms with Gasteiger partial charge in [-0.3, -0.25) is 14.2 Å². The first-order valence-electron chi connectivity index (χ1n) is 24.6. The highest BCUT2D eigenvalue weighted by molar-refractivity contribution is 7.45. The van der Waals surface area contributed by atoms with Crippen LogP contribution in [-0.2, 0) is 32.7 Å². The number of unbranched alkanes of at least 4 members (excludes halogenated alkanes) is 18. The van der Waals surface area contributed by atoms with Crippen molar-refractivity contribution in [2.75, 3.05) is 47.5 Å². The summed E-state index contributed by atoms with van der Waals surface area (Å²) < 4.78 is 34.0. The van der Waals surface area contributed by atoms with Gasteiger partial charge in [0.25, 0.3) is 7.82 Å². The van der Waals surface area contributed by atoms with Gasteiger partial charge in [0.15, 0.2) is 6.10 Å². The van der Waals surface area contributed by atoms with Gasteiger partial charge < -0.3 is 27.9 Å². The maximum Gasteiger partial charge on any atom is 0.306 e. The van der Waals surface area contributed by atoms with E-state index >= 15 is 0 Å². The number of hydrogen-bond donors (Lipinski definition) is 0. The van der Waals surface area contributed by atoms with Gasteiger partial charge in [-0.05, 0) is 83.5 Å². The smallest absolute Gasteiger partial charge is 0.306 e. The molecule has 62 heavy (non-hydrogen) atoms. The maximum atomic E-state index is 12.7. The Morgan fingerprint density at radius 1 is 0.516 bits per heavy atom. The quantitative estimate of drug-likeness (QED) is 0.0195. The molecule has 0 saturated heterocycles. The van der Waals surface area contributed by atoms with E-state index < -0.39 is 32.5 Å². The van der Waals surface area contributed by atoms with Crippen molar-refractivity contribution in [2.24, 2.45) is 0 Å². The first-order valence-corrected chi connectivity index (χ1v) is 26.1. The molecule has 0 saturated carbocycles. The minimum Gasteiger partial charge on any atom is -0.756 e. The maximum absolute atomic E-state index is 12.7. The van der Waals surface area contributed by atoms with Crippen LogP contribution in [0.25, 0.3) is 0 Å². The molecule has 2 atom stereocenters. The van der Waals surface area contributed by atoms with Gasteiger partial charge in [-0.1, -0.05) is 170 Å². The van der Waals surface area contributed by atoms with Crippen LogP contribution < -0.4 is 4.89 Å². The molecule has 0 aliphatic carbocycles. The summed E-state index contributed by atoms with van der Waals surface area (Å²) in [6.07, 6.45) is 55.0. The van der Waals surface area contributed by atoms with Crippen LogP contribution in [0.4, 0.5) is 0 Å². The first-order chi connectivity index (χ1) is 30.0. The first kappa shape index (κ1) is 59.5. The molecule has 0 spiro atoms. The molecule has 2 unspecified atom stereocenters. The largest absolute Gasteiger partial charge is 0.756 e. The molecule has 0 aromatic rings. The molecule has 0 radical (unpaired) electrons. The highest BCUT2D eigenvalue weighted by Crippen LogP contribution is 2.38. The number of ether oxygens (including phenoxy) is 2. The van der Waals surface area contributed by atoms with Crippen molar-refractivity contribution < 1.29 is 42.1 Å². The monoisotopic (exact) mass is 890 g/mol. The highest BCUT2D eigenvalue weighted by atomic mass is 31.2. The molecule has 0 amide bonds. The highest BCUT2D eigenvalue weighted by Gasteiger charge is 2.21. The molecule has 0 bridgehead atoms. The molecule has 358 valence electrons. The topological polar surface area (TPSA) is 111 Å². The molecule has 0 heterocycles. The van der Waals surface area contributed by atoms with E-state index in [1.165, 1.54) is 70.6 Å². The lowest BCUT2D eigenvalue weighted by molar-refractivity contribution is -0.870. The normalized spacial score (nSPS) is 14.1. The number of nitrogens with zero attached hydrogens (tertiary/aromatic N) is 1. The molecule has 0 N–H and O–H groups in total. The lowest BCUT2D eigenvalue weighted by Gasteiger charge is -2.28. The second kappa shape index (κ2) is 43.7. The summed E-state index contributed by atoms with van der Waals surface area (Å²) in [7, 11) is 1.14. The zero-order valence-electron chi connectivity index (χ0n) is 40.3. The van der Waals surface area contributed by atoms with Gasteiger partial charge >= 0.3 is 11.9 Å². The van der Waals surface area contributed by atoms with Crippen LogP contribution >= 0.6 is 7.82 Å². The summed E-state index contributed by atoms with van der Waals surface area (Å²) >= 11 is 0. The number of phosphoric ester groups is 1. The third-order valence-corrected chi connectivity index (χ3v) is 11.2. The fourth-order valence-electron chi connectivity index (χ4n) is 6.38. The number of likely N-dealkylation sites (N-methyl/N-ethyl adjacent to an activating group) is 1. The third-order valence-electron chi connectivity index (χ3n) is 10.2. The molecule has 0 aliphatic heterocycles. The number of allylic oxidation sites excluding steroid dienone is 12. The Bertz CT molecular complexity index is 1280. The van der Waals surface area contributed by atoms with Crippen molar-refractivity contribution in [3.05, 3.63) is 72.9 Å². The van der Waals surface area contributed by atoms with Gasteiger partial charge in [-0.2, -0.15) is 0 Å². The number of phosphoric acid groups is 1. The molecule has 0 aromatic carbocycles. The minimum atomic E-state index is -4.64. The van der Waals surface area contributed by atoms with Crippen LogP contribution in [0.2, 0.25) is 0 Å². The van der Waals surface area contributed by atoms with Crippen molar-refractivity contribution in [2.45, 2.75) is 200 Å². The Kier molecular flexibility index (Phi) is 41.9. The van der Waals surface area contributed by atoms with Crippen LogP contribution in [0.15, 0.2) is 72.9 Å². The van der Waals surface area contributed by atoms with Gasteiger partial charge in [0.05, 0.1) is 27.7 Å². The lowest BCUT2D eigenvalue weighted by Crippen LogP contribution is -2.37. The van der Waals surface area contributed by atoms with E-state index in [4.69, 9.17) is 18.5 Å². The number of quaternary nitrogens is 1. The van der Waals surface area contributed by atoms with Gasteiger partial charge in [0, 0.05) is 12.8 Å². The van der Waals surface area contributed by atoms with E-state index in [0.29, 0.717) is 17.4 Å². The molecule has 9 nitrogen and oxygen atoms in total. The molecule has 0 aromatic heterocycles. The second-order valence-corrected chi connectivity index (χ2v) is 18.9. The van der Waals surface area contributed by atoms with Crippen molar-refractivity contribution in [1.29, 1.82) is 0 Å². The summed E-state index contributed by atoms with van der Waals surface area (Å²) in [6.45, 7) is 4.07. The number of carbonyl (C=O) groups is 2. The van der Waals surface area contributed by atoms with Crippen molar-refractivity contribution in [1.82, 2.24) is 0 Å². The molecule has 10 heteroatoms. The number of rotatable bonds is 44. The number of esters is 2. The Balaban J connectivity index is 4.32. The van der Waals surface area contributed by atoms with Gasteiger partial charge in [0.2, 0.25) is 0 Å². The Labute approximate surface area is 380 Å². The van der Waals surface area contributed by atoms with Crippen molar-refractivity contribution >= 4 is 19.8 Å². The predicted octanol–water partition coefficient (Wildman–Crippen LogP) is 13.9. The van der Waals surface area contributed by atoms with Gasteiger partial charge in [-0.15, -0.1) is 0 Å². The average Bonchev–Trinajstić information content (AvgIpc) is 3.23. The van der Waals surface area contributed by atoms with Crippen LogP contribution in [-0.4, -0.2) is 70.0 Å². The van der Waals surface area contributed by atoms with Gasteiger partial charge in [-0.25, -0.2) is 0 Å². The summed E-state index contributed by atoms with van der Waals surface area (Å²) in [6, 6.07) is 0. The minimum absolute atomic E-state index is 0.0400. The van der Waals surface area contributed by atoms with Crippen LogP contribution in [0, 0.1) is 0 Å². The summed E-state index contributed by atoms with van der Waals surface area (Å²) in [5.41, 5.74) is 0. The van der Waals surface area contributed by atoms with E-state index in [2.05, 4.69) is 86.8 Å². The third kappa shape index (κ3) is 46.9. The van der Waals surface area contributed by atoms with Crippen molar-refractivity contribution in [3.8, 4) is 0 Å². The van der Waals surface area contributed by atoms with E-state index in [1.54, 1.807) is 0 Å². The standard InChI is InChI=1S/C52H92NO8P/c1-6-8-10-12-14-16-18-20-22-24-25-26-27-29-30-32-34-36-38-40-42-44-51(54)58-48-50(49-60-62(56,57)59-47-46-53(3,4)5)61-52(55)45-43-41-39-37-35-33-31-28-23-21-19-17-15-13-11-9-7-2/h9,11,15,17-18,20-21,23-25,31,33,50H,6-8,10,12-14,16,19,22,26-30,32,34-49H2,1-5H3/b11-9-,17-15-,20-18-,23-21-,25-24-,33-31-. The van der Waals surface area contributed by atoms with Crippen LogP contribution in [0.1, 0.15) is 194 Å². The summed E-state index contributed by atoms with van der Waals surface area (Å²) in [5, 5.41) is 0. The fourth-order valence-corrected chi connectivity index (χ4v) is 7.11. The molecule has 0 fully saturated rings. The van der Waals surface area contributed by atoms with E-state index in [-0.39, 0.29) is 26.1 Å². The van der Waals surface area contributed by atoms with E-state index in [1.807, 2.05) is 21.1 Å². The molecular formula is C52H92NO8P. The Morgan fingerprint density at radius 2 is 0.919 bits per heavy atom. The predicted molar refractivity (Wildman–Crippen MR) is 259 cm³/mol. The van der Waals surface area contributed by atoms with E-state index in [9.17, 15) is 19.0 Å². The Hall–Kier alpha value is -2.55. The molecule has 0 aliphatic rings. The Morgan fingerprint density at radius 3 is 1.37 bits per heavy atom.